The molecule has 0 fully saturated rings. The number of benzene rings is 2. The SMILES string of the molecule is Cc1cc(C)n(-c2ccc(C(=O)Nc3ccc(OCC(F)(F)F)c(C#N)c3)cc2)n1. The standard InChI is InChI=1S/C21H17F3N4O2/c1-13-9-14(2)28(27-13)18-6-3-15(4-7-18)20(29)26-17-5-8-19(16(10-17)11-25)30-12-21(22,23)24/h3-10H,12H2,1-2H3,(H,26,29). The highest BCUT2D eigenvalue weighted by Crippen LogP contribution is 2.25. The lowest BCUT2D eigenvalue weighted by Gasteiger charge is -2.12. The Hall–Kier alpha value is -3.80. The van der Waals surface area contributed by atoms with Crippen molar-refractivity contribution in [3.05, 3.63) is 71.0 Å². The van der Waals surface area contributed by atoms with E-state index in [1.54, 1.807) is 35.0 Å². The minimum atomic E-state index is -4.51. The van der Waals surface area contributed by atoms with E-state index in [0.717, 1.165) is 17.1 Å². The monoisotopic (exact) mass is 414 g/mol. The lowest BCUT2D eigenvalue weighted by atomic mass is 10.1. The van der Waals surface area contributed by atoms with Crippen molar-refractivity contribution in [2.45, 2.75) is 20.0 Å². The molecule has 1 aromatic heterocycles. The molecule has 0 saturated carbocycles. The van der Waals surface area contributed by atoms with Crippen LogP contribution in [0.3, 0.4) is 0 Å². The van der Waals surface area contributed by atoms with Gasteiger partial charge in [0.05, 0.1) is 16.9 Å². The van der Waals surface area contributed by atoms with Crippen LogP contribution >= 0.6 is 0 Å². The molecular formula is C21H17F3N4O2. The molecule has 0 atom stereocenters. The van der Waals surface area contributed by atoms with Gasteiger partial charge >= 0.3 is 6.18 Å². The Morgan fingerprint density at radius 2 is 1.87 bits per heavy atom. The van der Waals surface area contributed by atoms with Gasteiger partial charge in [-0.1, -0.05) is 0 Å². The van der Waals surface area contributed by atoms with Crippen molar-refractivity contribution in [3.8, 4) is 17.5 Å². The number of hydrogen-bond donors (Lipinski definition) is 1. The summed E-state index contributed by atoms with van der Waals surface area (Å²) in [6.07, 6.45) is -4.51. The van der Waals surface area contributed by atoms with Crippen molar-refractivity contribution >= 4 is 11.6 Å². The van der Waals surface area contributed by atoms with Crippen LogP contribution in [-0.4, -0.2) is 28.5 Å². The molecule has 0 aliphatic rings. The first-order valence-electron chi connectivity index (χ1n) is 8.85. The number of aryl methyl sites for hydroxylation is 2. The Morgan fingerprint density at radius 3 is 2.43 bits per heavy atom. The molecule has 9 heteroatoms. The second-order valence-electron chi connectivity index (χ2n) is 6.57. The van der Waals surface area contributed by atoms with Crippen LogP contribution in [0.5, 0.6) is 5.75 Å². The highest BCUT2D eigenvalue weighted by atomic mass is 19.4. The summed E-state index contributed by atoms with van der Waals surface area (Å²) in [6.45, 7) is 2.31. The summed E-state index contributed by atoms with van der Waals surface area (Å²) in [5, 5.41) is 16.2. The van der Waals surface area contributed by atoms with Gasteiger partial charge in [-0.25, -0.2) is 4.68 Å². The molecule has 0 saturated heterocycles. The fourth-order valence-electron chi connectivity index (χ4n) is 2.83. The zero-order chi connectivity index (χ0) is 21.9. The van der Waals surface area contributed by atoms with E-state index in [0.29, 0.717) is 5.56 Å². The maximum Gasteiger partial charge on any atom is 0.422 e. The zero-order valence-electron chi connectivity index (χ0n) is 16.1. The van der Waals surface area contributed by atoms with Gasteiger partial charge in [0.1, 0.15) is 11.8 Å². The average Bonchev–Trinajstić information content (AvgIpc) is 3.04. The number of ether oxygens (including phenoxy) is 1. The van der Waals surface area contributed by atoms with E-state index in [-0.39, 0.29) is 17.0 Å². The van der Waals surface area contributed by atoms with E-state index >= 15 is 0 Å². The quantitative estimate of drug-likeness (QED) is 0.664. The minimum absolute atomic E-state index is 0.114. The summed E-state index contributed by atoms with van der Waals surface area (Å²) in [5.41, 5.74) is 3.16. The molecule has 30 heavy (non-hydrogen) atoms. The van der Waals surface area contributed by atoms with Gasteiger partial charge in [0, 0.05) is 16.9 Å². The molecule has 6 nitrogen and oxygen atoms in total. The molecule has 154 valence electrons. The number of nitrogens with one attached hydrogen (secondary N) is 1. The predicted octanol–water partition coefficient (Wildman–Crippen LogP) is 4.55. The molecule has 3 aromatic rings. The van der Waals surface area contributed by atoms with Gasteiger partial charge in [-0.2, -0.15) is 23.5 Å². The van der Waals surface area contributed by atoms with Crippen LogP contribution < -0.4 is 10.1 Å². The van der Waals surface area contributed by atoms with E-state index < -0.39 is 18.7 Å². The van der Waals surface area contributed by atoms with Crippen LogP contribution in [0.1, 0.15) is 27.3 Å². The second kappa shape index (κ2) is 8.29. The zero-order valence-corrected chi connectivity index (χ0v) is 16.1. The molecule has 2 aromatic carbocycles. The number of nitrogens with zero attached hydrogens (tertiary/aromatic N) is 3. The van der Waals surface area contributed by atoms with Crippen LogP contribution in [0.15, 0.2) is 48.5 Å². The lowest BCUT2D eigenvalue weighted by molar-refractivity contribution is -0.153. The van der Waals surface area contributed by atoms with Crippen LogP contribution in [-0.2, 0) is 0 Å². The van der Waals surface area contributed by atoms with Crippen molar-refractivity contribution in [2.24, 2.45) is 0 Å². The molecule has 0 bridgehead atoms. The van der Waals surface area contributed by atoms with Crippen LogP contribution in [0, 0.1) is 25.2 Å². The van der Waals surface area contributed by atoms with Gasteiger partial charge in [-0.05, 0) is 62.4 Å². The average molecular weight is 414 g/mol. The fourth-order valence-corrected chi connectivity index (χ4v) is 2.83. The first-order chi connectivity index (χ1) is 14.2. The third-order valence-corrected chi connectivity index (χ3v) is 4.13. The van der Waals surface area contributed by atoms with Crippen molar-refractivity contribution < 1.29 is 22.7 Å². The Balaban J connectivity index is 1.72. The Kier molecular flexibility index (Phi) is 5.78. The topological polar surface area (TPSA) is 79.9 Å². The molecule has 1 N–H and O–H groups in total. The Bertz CT molecular complexity index is 1110. The van der Waals surface area contributed by atoms with Gasteiger partial charge in [-0.3, -0.25) is 4.79 Å². The number of alkyl halides is 3. The number of amides is 1. The van der Waals surface area contributed by atoms with Crippen LogP contribution in [0.25, 0.3) is 5.69 Å². The number of hydrogen-bond acceptors (Lipinski definition) is 4. The highest BCUT2D eigenvalue weighted by Gasteiger charge is 2.28. The summed E-state index contributed by atoms with van der Waals surface area (Å²) in [4.78, 5) is 12.5. The number of halogens is 3. The van der Waals surface area contributed by atoms with E-state index in [2.05, 4.69) is 15.2 Å². The van der Waals surface area contributed by atoms with E-state index in [1.807, 2.05) is 19.9 Å². The highest BCUT2D eigenvalue weighted by molar-refractivity contribution is 6.04. The summed E-state index contributed by atoms with van der Waals surface area (Å²) < 4.78 is 43.3. The third kappa shape index (κ3) is 4.97. The smallest absolute Gasteiger partial charge is 0.422 e. The van der Waals surface area contributed by atoms with E-state index in [1.165, 1.54) is 18.2 Å². The van der Waals surface area contributed by atoms with Crippen LogP contribution in [0.4, 0.5) is 18.9 Å². The molecule has 0 aliphatic carbocycles. The molecule has 0 spiro atoms. The summed E-state index contributed by atoms with van der Waals surface area (Å²) in [6, 6.07) is 14.3. The molecule has 3 rings (SSSR count). The fraction of sp³-hybridized carbons (Fsp3) is 0.190. The largest absolute Gasteiger partial charge is 0.483 e. The van der Waals surface area contributed by atoms with Gasteiger partial charge in [0.25, 0.3) is 5.91 Å². The number of nitriles is 1. The van der Waals surface area contributed by atoms with Gasteiger partial charge in [0.15, 0.2) is 6.61 Å². The van der Waals surface area contributed by atoms with E-state index in [4.69, 9.17) is 5.26 Å². The van der Waals surface area contributed by atoms with Crippen molar-refractivity contribution in [1.29, 1.82) is 5.26 Å². The van der Waals surface area contributed by atoms with Crippen molar-refractivity contribution in [1.82, 2.24) is 9.78 Å². The predicted molar refractivity (Wildman–Crippen MR) is 104 cm³/mol. The van der Waals surface area contributed by atoms with Crippen molar-refractivity contribution in [3.63, 3.8) is 0 Å². The first kappa shape index (κ1) is 20.9. The van der Waals surface area contributed by atoms with Crippen molar-refractivity contribution in [2.75, 3.05) is 11.9 Å². The Morgan fingerprint density at radius 1 is 1.17 bits per heavy atom. The normalized spacial score (nSPS) is 11.1. The number of aromatic nitrogens is 2. The van der Waals surface area contributed by atoms with Gasteiger partial charge < -0.3 is 10.1 Å². The van der Waals surface area contributed by atoms with Gasteiger partial charge in [-0.15, -0.1) is 0 Å². The lowest BCUT2D eigenvalue weighted by Crippen LogP contribution is -2.19. The number of carbonyl (C=O) groups excluding carboxylic acids is 1. The molecule has 0 unspecified atom stereocenters. The number of carbonyl (C=O) groups is 1. The van der Waals surface area contributed by atoms with E-state index in [9.17, 15) is 18.0 Å². The second-order valence-corrected chi connectivity index (χ2v) is 6.57. The Labute approximate surface area is 170 Å². The maximum absolute atomic E-state index is 12.5. The first-order valence-corrected chi connectivity index (χ1v) is 8.85. The molecule has 0 aliphatic heterocycles. The minimum Gasteiger partial charge on any atom is -0.483 e. The van der Waals surface area contributed by atoms with Gasteiger partial charge in [0.2, 0.25) is 0 Å². The maximum atomic E-state index is 12.5. The summed E-state index contributed by atoms with van der Waals surface area (Å²) >= 11 is 0. The molecule has 1 heterocycles. The number of anilines is 1. The number of rotatable bonds is 5. The third-order valence-electron chi connectivity index (χ3n) is 4.13. The summed E-state index contributed by atoms with van der Waals surface area (Å²) in [5.74, 6) is -0.634. The summed E-state index contributed by atoms with van der Waals surface area (Å²) in [7, 11) is 0. The molecule has 1 amide bonds. The molecule has 0 radical (unpaired) electrons. The molecular weight excluding hydrogens is 397 g/mol. The van der Waals surface area contributed by atoms with Crippen LogP contribution in [0.2, 0.25) is 0 Å².